The molecule has 7 nitrogen and oxygen atoms in total. The van der Waals surface area contributed by atoms with Crippen LogP contribution in [0.2, 0.25) is 10.0 Å². The van der Waals surface area contributed by atoms with Crippen LogP contribution in [0.1, 0.15) is 47.9 Å². The molecule has 1 N–H and O–H groups in total. The van der Waals surface area contributed by atoms with E-state index < -0.39 is 0 Å². The van der Waals surface area contributed by atoms with Crippen LogP contribution in [-0.2, 0) is 11.2 Å². The normalized spacial score (nSPS) is 13.5. The van der Waals surface area contributed by atoms with E-state index in [4.69, 9.17) is 38.2 Å². The number of aromatic nitrogens is 2. The molecule has 0 spiro atoms. The first kappa shape index (κ1) is 26.7. The molecule has 0 unspecified atom stereocenters. The van der Waals surface area contributed by atoms with Gasteiger partial charge in [0.05, 0.1) is 30.0 Å². The number of halogens is 2. The van der Waals surface area contributed by atoms with Gasteiger partial charge >= 0.3 is 0 Å². The molecule has 4 rings (SSSR count). The summed E-state index contributed by atoms with van der Waals surface area (Å²) in [6.07, 6.45) is 2.52. The molecule has 2 aromatic carbocycles. The summed E-state index contributed by atoms with van der Waals surface area (Å²) in [6.45, 7) is 4.35. The number of benzene rings is 2. The van der Waals surface area contributed by atoms with Gasteiger partial charge in [0, 0.05) is 47.8 Å². The Kier molecular flexibility index (Phi) is 9.22. The van der Waals surface area contributed by atoms with E-state index in [2.05, 4.69) is 23.3 Å². The Morgan fingerprint density at radius 2 is 1.89 bits per heavy atom. The lowest BCUT2D eigenvalue weighted by Crippen LogP contribution is -2.48. The number of carbonyl (C=O) groups excluding carboxylic acids is 1. The van der Waals surface area contributed by atoms with E-state index >= 15 is 0 Å². The van der Waals surface area contributed by atoms with E-state index in [-0.39, 0.29) is 5.91 Å². The molecule has 2 heterocycles. The average Bonchev–Trinajstić information content (AvgIpc) is 3.29. The molecule has 1 fully saturated rings. The summed E-state index contributed by atoms with van der Waals surface area (Å²) in [6, 6.07) is 15.2. The van der Waals surface area contributed by atoms with Crippen molar-refractivity contribution in [2.24, 2.45) is 0 Å². The molecule has 1 aliphatic heterocycles. The Morgan fingerprint density at radius 3 is 2.57 bits per heavy atom. The Bertz CT molecular complexity index is 1360. The molecule has 1 amide bonds. The Hall–Kier alpha value is -3.33. The van der Waals surface area contributed by atoms with Gasteiger partial charge in [-0.05, 0) is 55.3 Å². The van der Waals surface area contributed by atoms with Gasteiger partial charge in [-0.25, -0.2) is 9.99 Å². The minimum atomic E-state index is -0.274. The van der Waals surface area contributed by atoms with E-state index in [0.717, 1.165) is 23.4 Å². The molecule has 1 aliphatic rings. The number of hydrazine groups is 1. The van der Waals surface area contributed by atoms with Crippen molar-refractivity contribution in [2.75, 3.05) is 26.3 Å². The topological polar surface area (TPSA) is 83.2 Å². The van der Waals surface area contributed by atoms with Crippen molar-refractivity contribution in [2.45, 2.75) is 32.6 Å². The van der Waals surface area contributed by atoms with Gasteiger partial charge in [-0.2, -0.15) is 5.26 Å². The molecule has 0 atom stereocenters. The van der Waals surface area contributed by atoms with E-state index in [1.54, 1.807) is 12.1 Å². The summed E-state index contributed by atoms with van der Waals surface area (Å²) in [5, 5.41) is 11.5. The van der Waals surface area contributed by atoms with Crippen molar-refractivity contribution in [3.63, 3.8) is 0 Å². The summed E-state index contributed by atoms with van der Waals surface area (Å²) < 4.78 is 7.35. The first-order chi connectivity index (χ1) is 18.0. The van der Waals surface area contributed by atoms with Crippen LogP contribution in [0, 0.1) is 23.2 Å². The monoisotopic (exact) mass is 535 g/mol. The number of rotatable bonds is 7. The number of nitriles is 1. The van der Waals surface area contributed by atoms with Crippen LogP contribution < -0.4 is 5.43 Å². The fraction of sp³-hybridized carbons (Fsp3) is 0.321. The van der Waals surface area contributed by atoms with Gasteiger partial charge < -0.3 is 4.74 Å². The van der Waals surface area contributed by atoms with Gasteiger partial charge in [0.15, 0.2) is 5.69 Å². The van der Waals surface area contributed by atoms with Crippen LogP contribution in [0.5, 0.6) is 0 Å². The SMILES string of the molecule is CCc1c(C(=O)NN2CCOCC2)nc(-c2ccc(Cl)cc2Cl)n1-c1ccc(C#CCCCC#N)cc1. The second-order valence-electron chi connectivity index (χ2n) is 8.44. The number of morpholine rings is 1. The summed E-state index contributed by atoms with van der Waals surface area (Å²) in [4.78, 5) is 18.1. The third-order valence-electron chi connectivity index (χ3n) is 5.91. The largest absolute Gasteiger partial charge is 0.379 e. The van der Waals surface area contributed by atoms with Crippen LogP contribution >= 0.6 is 23.2 Å². The third kappa shape index (κ3) is 6.52. The molecule has 0 saturated carbocycles. The average molecular weight is 536 g/mol. The highest BCUT2D eigenvalue weighted by Gasteiger charge is 2.26. The lowest BCUT2D eigenvalue weighted by atomic mass is 10.1. The minimum Gasteiger partial charge on any atom is -0.379 e. The molecule has 0 radical (unpaired) electrons. The number of hydrogen-bond donors (Lipinski definition) is 1. The first-order valence-corrected chi connectivity index (χ1v) is 12.9. The highest BCUT2D eigenvalue weighted by Crippen LogP contribution is 2.33. The number of carbonyl (C=O) groups is 1. The maximum atomic E-state index is 13.3. The second-order valence-corrected chi connectivity index (χ2v) is 9.29. The van der Waals surface area contributed by atoms with Gasteiger partial charge in [-0.3, -0.25) is 14.8 Å². The minimum absolute atomic E-state index is 0.274. The molecule has 37 heavy (non-hydrogen) atoms. The smallest absolute Gasteiger partial charge is 0.286 e. The lowest BCUT2D eigenvalue weighted by molar-refractivity contribution is 0.0124. The number of hydrogen-bond acceptors (Lipinski definition) is 5. The van der Waals surface area contributed by atoms with E-state index in [1.807, 2.05) is 46.8 Å². The number of amides is 1. The molecule has 1 aromatic heterocycles. The number of unbranched alkanes of at least 4 members (excludes halogenated alkanes) is 2. The number of ether oxygens (including phenoxy) is 1. The number of nitrogens with zero attached hydrogens (tertiary/aromatic N) is 4. The molecular weight excluding hydrogens is 509 g/mol. The fourth-order valence-electron chi connectivity index (χ4n) is 4.08. The maximum absolute atomic E-state index is 13.3. The first-order valence-electron chi connectivity index (χ1n) is 12.2. The number of nitrogens with one attached hydrogen (secondary N) is 1. The van der Waals surface area contributed by atoms with Gasteiger partial charge in [0.25, 0.3) is 5.91 Å². The van der Waals surface area contributed by atoms with Crippen molar-refractivity contribution < 1.29 is 9.53 Å². The fourth-order valence-corrected chi connectivity index (χ4v) is 4.57. The van der Waals surface area contributed by atoms with Gasteiger partial charge in [0.2, 0.25) is 0 Å². The summed E-state index contributed by atoms with van der Waals surface area (Å²) >= 11 is 12.7. The van der Waals surface area contributed by atoms with Crippen LogP contribution in [0.25, 0.3) is 17.1 Å². The zero-order chi connectivity index (χ0) is 26.2. The molecule has 1 saturated heterocycles. The van der Waals surface area contributed by atoms with Crippen LogP contribution in [0.15, 0.2) is 42.5 Å². The molecular formula is C28H27Cl2N5O2. The van der Waals surface area contributed by atoms with Crippen molar-refractivity contribution in [1.29, 1.82) is 5.26 Å². The van der Waals surface area contributed by atoms with Crippen molar-refractivity contribution in [1.82, 2.24) is 20.0 Å². The second kappa shape index (κ2) is 12.8. The highest BCUT2D eigenvalue weighted by atomic mass is 35.5. The van der Waals surface area contributed by atoms with Crippen molar-refractivity contribution in [3.05, 3.63) is 69.5 Å². The molecule has 0 bridgehead atoms. The Balaban J connectivity index is 1.74. The van der Waals surface area contributed by atoms with Crippen LogP contribution in [-0.4, -0.2) is 46.8 Å². The van der Waals surface area contributed by atoms with Crippen LogP contribution in [0.4, 0.5) is 0 Å². The Labute approximate surface area is 226 Å². The van der Waals surface area contributed by atoms with Crippen molar-refractivity contribution in [3.8, 4) is 35.0 Å². The number of imidazole rings is 1. The highest BCUT2D eigenvalue weighted by molar-refractivity contribution is 6.36. The molecule has 3 aromatic rings. The molecule has 190 valence electrons. The lowest BCUT2D eigenvalue weighted by Gasteiger charge is -2.26. The van der Waals surface area contributed by atoms with Crippen molar-refractivity contribution >= 4 is 29.1 Å². The summed E-state index contributed by atoms with van der Waals surface area (Å²) in [7, 11) is 0. The van der Waals surface area contributed by atoms with E-state index in [1.165, 1.54) is 0 Å². The third-order valence-corrected chi connectivity index (χ3v) is 6.46. The summed E-state index contributed by atoms with van der Waals surface area (Å²) in [5.74, 6) is 6.53. The standard InChI is InChI=1S/C28H27Cl2N5O2/c1-2-25-26(28(36)33-34-15-17-37-18-16-34)32-27(23-13-10-21(29)19-24(23)30)35(25)22-11-8-20(9-12-22)7-5-3-4-6-14-31/h8-13,19H,2-4,6,15-18H2,1H3,(H,33,36). The van der Waals surface area contributed by atoms with Gasteiger partial charge in [0.1, 0.15) is 5.82 Å². The quantitative estimate of drug-likeness (QED) is 0.322. The predicted octanol–water partition coefficient (Wildman–Crippen LogP) is 5.43. The van der Waals surface area contributed by atoms with Gasteiger partial charge in [-0.15, -0.1) is 0 Å². The van der Waals surface area contributed by atoms with Gasteiger partial charge in [-0.1, -0.05) is 42.0 Å². The zero-order valence-electron chi connectivity index (χ0n) is 20.6. The zero-order valence-corrected chi connectivity index (χ0v) is 22.1. The van der Waals surface area contributed by atoms with E-state index in [9.17, 15) is 4.79 Å². The maximum Gasteiger partial charge on any atom is 0.286 e. The predicted molar refractivity (Wildman–Crippen MR) is 145 cm³/mol. The Morgan fingerprint density at radius 1 is 1.14 bits per heavy atom. The van der Waals surface area contributed by atoms with E-state index in [0.29, 0.717) is 72.7 Å². The summed E-state index contributed by atoms with van der Waals surface area (Å²) in [5.41, 5.74) is 6.46. The molecule has 0 aliphatic carbocycles. The van der Waals surface area contributed by atoms with Crippen LogP contribution in [0.3, 0.4) is 0 Å². The molecule has 9 heteroatoms.